The molecular formula is C18H22N2O4. The van der Waals surface area contributed by atoms with E-state index in [0.29, 0.717) is 17.9 Å². The number of hydrogen-bond donors (Lipinski definition) is 2. The molecule has 24 heavy (non-hydrogen) atoms. The average molecular weight is 330 g/mol. The molecule has 0 saturated carbocycles. The maximum Gasteiger partial charge on any atom is 0.338 e. The Morgan fingerprint density at radius 3 is 2.71 bits per heavy atom. The second-order valence-corrected chi connectivity index (χ2v) is 6.21. The monoisotopic (exact) mass is 330 g/mol. The van der Waals surface area contributed by atoms with Gasteiger partial charge < -0.3 is 20.1 Å². The molecule has 6 heteroatoms. The van der Waals surface area contributed by atoms with Gasteiger partial charge in [-0.25, -0.2) is 9.59 Å². The smallest absolute Gasteiger partial charge is 0.338 e. The number of nitrogens with one attached hydrogen (secondary N) is 2. The first-order valence-electron chi connectivity index (χ1n) is 8.18. The maximum atomic E-state index is 12.6. The van der Waals surface area contributed by atoms with E-state index in [-0.39, 0.29) is 18.7 Å². The highest BCUT2D eigenvalue weighted by Gasteiger charge is 2.32. The van der Waals surface area contributed by atoms with Crippen molar-refractivity contribution in [2.45, 2.75) is 38.8 Å². The summed E-state index contributed by atoms with van der Waals surface area (Å²) in [7, 11) is 0. The number of benzene rings is 1. The molecule has 2 unspecified atom stereocenters. The zero-order chi connectivity index (χ0) is 17.1. The summed E-state index contributed by atoms with van der Waals surface area (Å²) < 4.78 is 10.9. The predicted molar refractivity (Wildman–Crippen MR) is 88.2 cm³/mol. The third-order valence-electron chi connectivity index (χ3n) is 4.32. The highest BCUT2D eigenvalue weighted by atomic mass is 16.6. The molecule has 0 aliphatic carbocycles. The van der Waals surface area contributed by atoms with Crippen LogP contribution in [0, 0.1) is 6.92 Å². The molecule has 3 rings (SSSR count). The van der Waals surface area contributed by atoms with E-state index in [1.807, 2.05) is 31.2 Å². The molecule has 2 aliphatic heterocycles. The Bertz CT molecular complexity index is 660. The van der Waals surface area contributed by atoms with Crippen molar-refractivity contribution in [2.24, 2.45) is 0 Å². The molecule has 0 aromatic heterocycles. The highest BCUT2D eigenvalue weighted by molar-refractivity contribution is 5.95. The van der Waals surface area contributed by atoms with E-state index in [2.05, 4.69) is 10.6 Å². The normalized spacial score (nSPS) is 23.7. The molecule has 2 aliphatic rings. The van der Waals surface area contributed by atoms with Gasteiger partial charge in [0.05, 0.1) is 17.7 Å². The lowest BCUT2D eigenvalue weighted by atomic mass is 9.95. The number of aryl methyl sites for hydroxylation is 1. The Balaban J connectivity index is 1.80. The van der Waals surface area contributed by atoms with Crippen molar-refractivity contribution in [3.8, 4) is 0 Å². The fourth-order valence-corrected chi connectivity index (χ4v) is 3.00. The van der Waals surface area contributed by atoms with Gasteiger partial charge in [-0.15, -0.1) is 0 Å². The lowest BCUT2D eigenvalue weighted by molar-refractivity contribution is -0.142. The Morgan fingerprint density at radius 2 is 2.04 bits per heavy atom. The van der Waals surface area contributed by atoms with Crippen LogP contribution in [0.25, 0.3) is 0 Å². The van der Waals surface area contributed by atoms with Crippen LogP contribution in [0.4, 0.5) is 4.79 Å². The fourth-order valence-electron chi connectivity index (χ4n) is 3.00. The van der Waals surface area contributed by atoms with Gasteiger partial charge in [-0.3, -0.25) is 0 Å². The summed E-state index contributed by atoms with van der Waals surface area (Å²) >= 11 is 0. The Hall–Kier alpha value is -2.34. The van der Waals surface area contributed by atoms with Crippen LogP contribution in [0.1, 0.15) is 36.9 Å². The maximum absolute atomic E-state index is 12.6. The van der Waals surface area contributed by atoms with Crippen molar-refractivity contribution in [2.75, 3.05) is 13.2 Å². The van der Waals surface area contributed by atoms with Gasteiger partial charge in [-0.05, 0) is 32.3 Å². The van der Waals surface area contributed by atoms with E-state index in [4.69, 9.17) is 9.47 Å². The third kappa shape index (κ3) is 3.59. The molecule has 1 aromatic carbocycles. The van der Waals surface area contributed by atoms with E-state index in [9.17, 15) is 9.59 Å². The van der Waals surface area contributed by atoms with E-state index < -0.39 is 12.0 Å². The molecule has 0 radical (unpaired) electrons. The van der Waals surface area contributed by atoms with E-state index >= 15 is 0 Å². The zero-order valence-electron chi connectivity index (χ0n) is 13.9. The highest BCUT2D eigenvalue weighted by Crippen LogP contribution is 2.28. The number of esters is 1. The summed E-state index contributed by atoms with van der Waals surface area (Å²) in [5.41, 5.74) is 2.90. The summed E-state index contributed by atoms with van der Waals surface area (Å²) in [6.07, 6.45) is 1.87. The van der Waals surface area contributed by atoms with Crippen LogP contribution in [-0.2, 0) is 14.3 Å². The molecule has 6 nitrogen and oxygen atoms in total. The number of carbonyl (C=O) groups is 2. The Labute approximate surface area is 141 Å². The molecule has 0 bridgehead atoms. The van der Waals surface area contributed by atoms with Gasteiger partial charge in [0, 0.05) is 12.3 Å². The predicted octanol–water partition coefficient (Wildman–Crippen LogP) is 2.35. The summed E-state index contributed by atoms with van der Waals surface area (Å²) in [6, 6.07) is 6.88. The van der Waals surface area contributed by atoms with Gasteiger partial charge in [0.25, 0.3) is 0 Å². The largest absolute Gasteiger partial charge is 0.459 e. The summed E-state index contributed by atoms with van der Waals surface area (Å²) in [5.74, 6) is -0.430. The van der Waals surface area contributed by atoms with Gasteiger partial charge in [-0.1, -0.05) is 29.8 Å². The van der Waals surface area contributed by atoms with E-state index in [1.165, 1.54) is 0 Å². The number of ether oxygens (including phenoxy) is 2. The summed E-state index contributed by atoms with van der Waals surface area (Å²) in [5, 5.41) is 5.45. The molecule has 1 aromatic rings. The number of rotatable bonds is 4. The summed E-state index contributed by atoms with van der Waals surface area (Å²) in [4.78, 5) is 24.4. The van der Waals surface area contributed by atoms with Gasteiger partial charge in [0.2, 0.25) is 0 Å². The topological polar surface area (TPSA) is 76.7 Å². The molecule has 2 amide bonds. The van der Waals surface area contributed by atoms with Crippen LogP contribution < -0.4 is 10.6 Å². The second-order valence-electron chi connectivity index (χ2n) is 6.21. The molecule has 1 saturated heterocycles. The SMILES string of the molecule is CC1=C(C(=O)OCC2CCCO2)C(c2ccc(C)cc2)NC(=O)N1. The lowest BCUT2D eigenvalue weighted by Gasteiger charge is -2.28. The average Bonchev–Trinajstić information content (AvgIpc) is 3.06. The molecular weight excluding hydrogens is 308 g/mol. The van der Waals surface area contributed by atoms with Crippen molar-refractivity contribution in [3.63, 3.8) is 0 Å². The molecule has 128 valence electrons. The van der Waals surface area contributed by atoms with Crippen molar-refractivity contribution in [1.82, 2.24) is 10.6 Å². The van der Waals surface area contributed by atoms with Crippen molar-refractivity contribution < 1.29 is 19.1 Å². The van der Waals surface area contributed by atoms with Crippen molar-refractivity contribution in [1.29, 1.82) is 0 Å². The van der Waals surface area contributed by atoms with Gasteiger partial charge in [0.15, 0.2) is 0 Å². The Kier molecular flexibility index (Phi) is 4.85. The van der Waals surface area contributed by atoms with Gasteiger partial charge >= 0.3 is 12.0 Å². The van der Waals surface area contributed by atoms with Gasteiger partial charge in [0.1, 0.15) is 6.61 Å². The van der Waals surface area contributed by atoms with Crippen LogP contribution in [0.3, 0.4) is 0 Å². The van der Waals surface area contributed by atoms with Crippen molar-refractivity contribution in [3.05, 3.63) is 46.7 Å². The minimum atomic E-state index is -0.517. The molecule has 1 fully saturated rings. The van der Waals surface area contributed by atoms with Gasteiger partial charge in [-0.2, -0.15) is 0 Å². The number of carbonyl (C=O) groups excluding carboxylic acids is 2. The van der Waals surface area contributed by atoms with Crippen molar-refractivity contribution >= 4 is 12.0 Å². The fraction of sp³-hybridized carbons (Fsp3) is 0.444. The standard InChI is InChI=1S/C18H22N2O4/c1-11-5-7-13(8-6-11)16-15(12(2)19-18(22)20-16)17(21)24-10-14-4-3-9-23-14/h5-8,14,16H,3-4,9-10H2,1-2H3,(H2,19,20,22). The van der Waals surface area contributed by atoms with Crippen LogP contribution in [0.15, 0.2) is 35.5 Å². The Morgan fingerprint density at radius 1 is 1.29 bits per heavy atom. The molecule has 2 atom stereocenters. The number of allylic oxidation sites excluding steroid dienone is 1. The van der Waals surface area contributed by atoms with Crippen LogP contribution in [-0.4, -0.2) is 31.3 Å². The first-order valence-corrected chi connectivity index (χ1v) is 8.18. The number of hydrogen-bond acceptors (Lipinski definition) is 4. The van der Waals surface area contributed by atoms with E-state index in [1.54, 1.807) is 6.92 Å². The summed E-state index contributed by atoms with van der Waals surface area (Å²) in [6.45, 7) is 4.66. The lowest BCUT2D eigenvalue weighted by Crippen LogP contribution is -2.45. The first-order chi connectivity index (χ1) is 11.5. The molecule has 0 spiro atoms. The minimum Gasteiger partial charge on any atom is -0.459 e. The quantitative estimate of drug-likeness (QED) is 0.831. The number of urea groups is 1. The van der Waals surface area contributed by atoms with Crippen LogP contribution >= 0.6 is 0 Å². The molecule has 2 heterocycles. The molecule has 2 N–H and O–H groups in total. The van der Waals surface area contributed by atoms with E-state index in [0.717, 1.165) is 24.0 Å². The van der Waals surface area contributed by atoms with Crippen LogP contribution in [0.5, 0.6) is 0 Å². The van der Waals surface area contributed by atoms with Crippen LogP contribution in [0.2, 0.25) is 0 Å². The first kappa shape index (κ1) is 16.5. The minimum absolute atomic E-state index is 0.0289. The number of amides is 2. The third-order valence-corrected chi connectivity index (χ3v) is 4.32. The second kappa shape index (κ2) is 7.05. The zero-order valence-corrected chi connectivity index (χ0v) is 13.9.